The Morgan fingerprint density at radius 1 is 1.20 bits per heavy atom. The average molecular weight is 588 g/mol. The number of hydrogen-bond acceptors (Lipinski definition) is 12. The molecule has 1 aliphatic rings. The number of aryl methyl sites for hydroxylation is 1. The van der Waals surface area contributed by atoms with Gasteiger partial charge in [-0.25, -0.2) is 15.0 Å². The summed E-state index contributed by atoms with van der Waals surface area (Å²) in [7, 11) is 0. The van der Waals surface area contributed by atoms with Crippen LogP contribution < -0.4 is 27.0 Å². The fourth-order valence-corrected chi connectivity index (χ4v) is 4.99. The number of nitrogens with two attached hydrogens (primary N) is 2. The number of carbonyl (C=O) groups is 2. The van der Waals surface area contributed by atoms with E-state index in [9.17, 15) is 9.59 Å². The third-order valence-corrected chi connectivity index (χ3v) is 7.44. The highest BCUT2D eigenvalue weighted by atomic mass is 35.5. The van der Waals surface area contributed by atoms with Gasteiger partial charge >= 0.3 is 5.97 Å². The van der Waals surface area contributed by atoms with Crippen molar-refractivity contribution in [3.05, 3.63) is 51.7 Å². The number of aromatic nitrogens is 3. The van der Waals surface area contributed by atoms with Crippen LogP contribution in [0, 0.1) is 6.92 Å². The maximum atomic E-state index is 12.9. The number of carbonyl (C=O) groups excluding carboxylic acids is 2. The highest BCUT2D eigenvalue weighted by Crippen LogP contribution is 2.29. The van der Waals surface area contributed by atoms with E-state index in [2.05, 4.69) is 35.4 Å². The number of anilines is 4. The first-order chi connectivity index (χ1) is 19.0. The first-order valence-electron chi connectivity index (χ1n) is 12.8. The Balaban J connectivity index is 1.33. The number of nitrogens with one attached hydrogen (secondary N) is 2. The van der Waals surface area contributed by atoms with Crippen LogP contribution in [0.4, 0.5) is 22.5 Å². The van der Waals surface area contributed by atoms with Crippen molar-refractivity contribution < 1.29 is 14.3 Å². The van der Waals surface area contributed by atoms with Crippen molar-refractivity contribution in [2.75, 3.05) is 54.9 Å². The number of ether oxygens (including phenoxy) is 1. The van der Waals surface area contributed by atoms with Gasteiger partial charge in [-0.05, 0) is 32.4 Å². The van der Waals surface area contributed by atoms with Gasteiger partial charge in [-0.3, -0.25) is 14.5 Å². The lowest BCUT2D eigenvalue weighted by Crippen LogP contribution is -2.48. The van der Waals surface area contributed by atoms with Crippen molar-refractivity contribution in [1.82, 2.24) is 19.9 Å². The predicted octanol–water partition coefficient (Wildman–Crippen LogP) is 2.75. The monoisotopic (exact) mass is 587 g/mol. The van der Waals surface area contributed by atoms with E-state index < -0.39 is 11.5 Å². The van der Waals surface area contributed by atoms with E-state index in [1.54, 1.807) is 26.0 Å². The zero-order valence-corrected chi connectivity index (χ0v) is 24.3. The number of para-hydroxylation sites is 1. The molecule has 0 saturated carbocycles. The number of nitrogens with zero attached hydrogens (tertiary/aromatic N) is 5. The van der Waals surface area contributed by atoms with Crippen LogP contribution in [0.1, 0.15) is 34.9 Å². The van der Waals surface area contributed by atoms with Crippen LogP contribution in [0.2, 0.25) is 5.02 Å². The van der Waals surface area contributed by atoms with E-state index in [1.807, 2.05) is 19.1 Å². The number of halogens is 1. The summed E-state index contributed by atoms with van der Waals surface area (Å²) in [5.74, 6) is 1.26. The predicted molar refractivity (Wildman–Crippen MR) is 157 cm³/mol. The van der Waals surface area contributed by atoms with Gasteiger partial charge in [-0.15, -0.1) is 0 Å². The summed E-state index contributed by atoms with van der Waals surface area (Å²) in [5, 5.41) is 6.97. The quantitative estimate of drug-likeness (QED) is 0.258. The SMILES string of the molecule is Cc1nc(Nc2ncc(C(=O)Nc3c(Cl)cccc3CN)s2)cc(N2CCN(CCOC(=O)C(C)(C)N)CC2)n1. The van der Waals surface area contributed by atoms with Crippen LogP contribution >= 0.6 is 22.9 Å². The van der Waals surface area contributed by atoms with Crippen LogP contribution in [0.25, 0.3) is 0 Å². The molecule has 1 saturated heterocycles. The highest BCUT2D eigenvalue weighted by molar-refractivity contribution is 7.17. The molecule has 40 heavy (non-hydrogen) atoms. The molecule has 12 nitrogen and oxygen atoms in total. The van der Waals surface area contributed by atoms with E-state index >= 15 is 0 Å². The van der Waals surface area contributed by atoms with Gasteiger partial charge in [0.2, 0.25) is 0 Å². The topological polar surface area (TPSA) is 165 Å². The molecule has 0 unspecified atom stereocenters. The van der Waals surface area contributed by atoms with Crippen LogP contribution in [0.5, 0.6) is 0 Å². The standard InChI is InChI=1S/C26H34ClN9O3S/c1-16-31-20(13-21(32-16)36-9-7-35(8-10-36)11-12-39-24(38)26(2,3)29)33-25-30-15-19(40-25)23(37)34-22-17(14-28)5-4-6-18(22)27/h4-6,13,15H,7-12,14,28-29H2,1-3H3,(H,34,37)(H,30,31,32,33). The van der Waals surface area contributed by atoms with E-state index in [-0.39, 0.29) is 12.5 Å². The first kappa shape index (κ1) is 29.6. The number of piperazine rings is 1. The van der Waals surface area contributed by atoms with Gasteiger partial charge in [-0.2, -0.15) is 0 Å². The summed E-state index contributed by atoms with van der Waals surface area (Å²) in [6.45, 7) is 9.43. The summed E-state index contributed by atoms with van der Waals surface area (Å²) in [4.78, 5) is 43.0. The maximum absolute atomic E-state index is 12.9. The normalized spacial score (nSPS) is 14.2. The lowest BCUT2D eigenvalue weighted by Gasteiger charge is -2.35. The van der Waals surface area contributed by atoms with Gasteiger partial charge in [-0.1, -0.05) is 35.1 Å². The molecule has 1 amide bonds. The lowest BCUT2D eigenvalue weighted by atomic mass is 10.1. The minimum absolute atomic E-state index is 0.249. The summed E-state index contributed by atoms with van der Waals surface area (Å²) in [5.41, 5.74) is 11.8. The van der Waals surface area contributed by atoms with Crippen LogP contribution in [-0.2, 0) is 16.1 Å². The Morgan fingerprint density at radius 3 is 2.65 bits per heavy atom. The summed E-state index contributed by atoms with van der Waals surface area (Å²) in [6, 6.07) is 7.17. The molecule has 0 aliphatic carbocycles. The molecule has 0 atom stereocenters. The zero-order valence-electron chi connectivity index (χ0n) is 22.7. The number of hydrogen-bond donors (Lipinski definition) is 4. The maximum Gasteiger partial charge on any atom is 0.325 e. The van der Waals surface area contributed by atoms with Gasteiger partial charge in [0.25, 0.3) is 5.91 Å². The van der Waals surface area contributed by atoms with Crippen LogP contribution in [0.15, 0.2) is 30.5 Å². The van der Waals surface area contributed by atoms with E-state index in [0.29, 0.717) is 45.5 Å². The average Bonchev–Trinajstić information content (AvgIpc) is 3.38. The van der Waals surface area contributed by atoms with Crippen LogP contribution in [0.3, 0.4) is 0 Å². The largest absolute Gasteiger partial charge is 0.463 e. The molecular formula is C26H34ClN9O3S. The highest BCUT2D eigenvalue weighted by Gasteiger charge is 2.24. The molecule has 0 radical (unpaired) electrons. The fraction of sp³-hybridized carbons (Fsp3) is 0.423. The van der Waals surface area contributed by atoms with Gasteiger partial charge in [0.1, 0.15) is 34.5 Å². The number of thiazole rings is 1. The summed E-state index contributed by atoms with van der Waals surface area (Å²) < 4.78 is 5.28. The van der Waals surface area contributed by atoms with Crippen molar-refractivity contribution in [3.8, 4) is 0 Å². The fourth-order valence-electron chi connectivity index (χ4n) is 4.03. The number of esters is 1. The molecule has 1 aliphatic heterocycles. The van der Waals surface area contributed by atoms with Gasteiger partial charge in [0.05, 0.1) is 16.9 Å². The molecule has 3 heterocycles. The minimum Gasteiger partial charge on any atom is -0.463 e. The zero-order chi connectivity index (χ0) is 28.9. The summed E-state index contributed by atoms with van der Waals surface area (Å²) >= 11 is 7.46. The minimum atomic E-state index is -0.993. The third-order valence-electron chi connectivity index (χ3n) is 6.21. The molecule has 1 fully saturated rings. The third kappa shape index (κ3) is 7.64. The molecule has 3 aromatic rings. The van der Waals surface area contributed by atoms with E-state index in [1.165, 1.54) is 17.5 Å². The van der Waals surface area contributed by atoms with Crippen molar-refractivity contribution >= 4 is 57.3 Å². The molecule has 0 bridgehead atoms. The molecule has 14 heteroatoms. The smallest absolute Gasteiger partial charge is 0.325 e. The molecule has 6 N–H and O–H groups in total. The van der Waals surface area contributed by atoms with E-state index in [0.717, 1.165) is 37.6 Å². The number of amides is 1. The Kier molecular flexibility index (Phi) is 9.53. The van der Waals surface area contributed by atoms with Crippen molar-refractivity contribution in [3.63, 3.8) is 0 Å². The Morgan fingerprint density at radius 2 is 1.95 bits per heavy atom. The second-order valence-electron chi connectivity index (χ2n) is 9.93. The van der Waals surface area contributed by atoms with Gasteiger partial charge in [0.15, 0.2) is 5.13 Å². The molecular weight excluding hydrogens is 554 g/mol. The van der Waals surface area contributed by atoms with E-state index in [4.69, 9.17) is 27.8 Å². The van der Waals surface area contributed by atoms with Crippen molar-refractivity contribution in [1.29, 1.82) is 0 Å². The second kappa shape index (κ2) is 12.9. The first-order valence-corrected chi connectivity index (χ1v) is 14.0. The van der Waals surface area contributed by atoms with Crippen molar-refractivity contribution in [2.45, 2.75) is 32.9 Å². The van der Waals surface area contributed by atoms with Crippen molar-refractivity contribution in [2.24, 2.45) is 11.5 Å². The van der Waals surface area contributed by atoms with Crippen LogP contribution in [-0.4, -0.2) is 76.6 Å². The molecule has 4 rings (SSSR count). The molecule has 2 aromatic heterocycles. The number of rotatable bonds is 10. The Labute approximate surface area is 242 Å². The second-order valence-corrected chi connectivity index (χ2v) is 11.4. The summed E-state index contributed by atoms with van der Waals surface area (Å²) in [6.07, 6.45) is 1.50. The molecule has 1 aromatic carbocycles. The Bertz CT molecular complexity index is 1350. The number of benzene rings is 1. The molecule has 0 spiro atoms. The molecule has 214 valence electrons. The van der Waals surface area contributed by atoms with Gasteiger partial charge < -0.3 is 31.7 Å². The van der Waals surface area contributed by atoms with Gasteiger partial charge in [0, 0.05) is 45.3 Å². The Hall–Kier alpha value is -3.36. The lowest BCUT2D eigenvalue weighted by molar-refractivity contribution is -0.149.